The van der Waals surface area contributed by atoms with Gasteiger partial charge in [0.2, 0.25) is 0 Å². The van der Waals surface area contributed by atoms with Gasteiger partial charge in [0.15, 0.2) is 0 Å². The molecule has 0 fully saturated rings. The normalized spacial score (nSPS) is 9.85. The molecule has 1 aromatic rings. The Balaban J connectivity index is 0.000000396. The zero-order valence-corrected chi connectivity index (χ0v) is 14.9. The summed E-state index contributed by atoms with van der Waals surface area (Å²) in [5, 5.41) is 0. The molecule has 0 unspecified atom stereocenters. The lowest BCUT2D eigenvalue weighted by Crippen LogP contribution is -2.16. The van der Waals surface area contributed by atoms with Crippen LogP contribution in [-0.4, -0.2) is 19.8 Å². The number of thioether (sulfide) groups is 1. The molecule has 0 amide bonds. The summed E-state index contributed by atoms with van der Waals surface area (Å²) >= 11 is 1.80. The summed E-state index contributed by atoms with van der Waals surface area (Å²) in [7, 11) is 2.12. The molecule has 1 rings (SSSR count). The van der Waals surface area contributed by atoms with E-state index in [2.05, 4.69) is 63.2 Å². The molecule has 0 aromatic heterocycles. The van der Waals surface area contributed by atoms with Crippen molar-refractivity contribution in [2.45, 2.75) is 64.2 Å². The lowest BCUT2D eigenvalue weighted by molar-refractivity contribution is 0.624. The van der Waals surface area contributed by atoms with E-state index in [0.717, 1.165) is 6.54 Å². The Bertz CT molecular complexity index is 319. The fraction of sp³-hybridized carbons (Fsp3) is 0.667. The van der Waals surface area contributed by atoms with Gasteiger partial charge in [-0.2, -0.15) is 0 Å². The summed E-state index contributed by atoms with van der Waals surface area (Å²) in [5.41, 5.74) is 1.33. The van der Waals surface area contributed by atoms with E-state index in [0.29, 0.717) is 0 Å². The van der Waals surface area contributed by atoms with Crippen molar-refractivity contribution in [1.82, 2.24) is 0 Å². The Morgan fingerprint density at radius 2 is 1.45 bits per heavy atom. The van der Waals surface area contributed by atoms with Gasteiger partial charge in [-0.05, 0) is 25.3 Å². The van der Waals surface area contributed by atoms with Crippen LogP contribution in [0.25, 0.3) is 0 Å². The number of anilines is 1. The number of para-hydroxylation sites is 1. The van der Waals surface area contributed by atoms with E-state index in [9.17, 15) is 0 Å². The summed E-state index contributed by atoms with van der Waals surface area (Å²) in [6, 6.07) is 8.49. The molecule has 0 radical (unpaired) electrons. The minimum absolute atomic E-state index is 1.05. The first kappa shape index (κ1) is 19.4. The standard InChI is InChI=1S/C10H15NS.C8H18/c1-4-11(2)9-7-5-6-8-10(9)12-3;1-3-5-7-8-6-4-2/h5-8H,4H2,1-3H3;3-8H2,1-2H3. The smallest absolute Gasteiger partial charge is 0.0501 e. The highest BCUT2D eigenvalue weighted by atomic mass is 32.2. The first-order valence-corrected chi connectivity index (χ1v) is 9.27. The Kier molecular flexibility index (Phi) is 12.9. The van der Waals surface area contributed by atoms with Gasteiger partial charge in [0.1, 0.15) is 0 Å². The molecule has 0 aliphatic heterocycles. The molecule has 1 aromatic carbocycles. The average molecular weight is 296 g/mol. The second kappa shape index (κ2) is 13.4. The second-order valence-electron chi connectivity index (χ2n) is 5.10. The average Bonchev–Trinajstić information content (AvgIpc) is 2.51. The van der Waals surface area contributed by atoms with E-state index in [-0.39, 0.29) is 0 Å². The van der Waals surface area contributed by atoms with Crippen LogP contribution in [0.15, 0.2) is 29.2 Å². The third-order valence-electron chi connectivity index (χ3n) is 3.43. The zero-order chi connectivity index (χ0) is 15.2. The molecule has 0 heterocycles. The third kappa shape index (κ3) is 8.52. The lowest BCUT2D eigenvalue weighted by atomic mass is 10.1. The summed E-state index contributed by atoms with van der Waals surface area (Å²) in [6.07, 6.45) is 10.6. The number of unbranched alkanes of at least 4 members (excludes halogenated alkanes) is 5. The van der Waals surface area contributed by atoms with Crippen molar-refractivity contribution >= 4 is 17.4 Å². The monoisotopic (exact) mass is 295 g/mol. The molecule has 0 aliphatic carbocycles. The lowest BCUT2D eigenvalue weighted by Gasteiger charge is -2.19. The molecule has 0 atom stereocenters. The first-order chi connectivity index (χ1) is 9.71. The number of rotatable bonds is 8. The fourth-order valence-electron chi connectivity index (χ4n) is 1.97. The third-order valence-corrected chi connectivity index (χ3v) is 4.21. The predicted octanol–water partition coefficient (Wildman–Crippen LogP) is 6.23. The van der Waals surface area contributed by atoms with E-state index < -0.39 is 0 Å². The van der Waals surface area contributed by atoms with Gasteiger partial charge in [-0.15, -0.1) is 11.8 Å². The minimum atomic E-state index is 1.05. The van der Waals surface area contributed by atoms with Crippen LogP contribution in [0.1, 0.15) is 59.3 Å². The van der Waals surface area contributed by atoms with E-state index in [1.165, 1.54) is 49.1 Å². The molecule has 0 N–H and O–H groups in total. The zero-order valence-electron chi connectivity index (χ0n) is 14.1. The fourth-order valence-corrected chi connectivity index (χ4v) is 2.62. The van der Waals surface area contributed by atoms with Crippen molar-refractivity contribution in [2.75, 3.05) is 24.7 Å². The maximum absolute atomic E-state index is 2.26. The molecule has 0 spiro atoms. The van der Waals surface area contributed by atoms with Crippen LogP contribution in [0.5, 0.6) is 0 Å². The summed E-state index contributed by atoms with van der Waals surface area (Å²) < 4.78 is 0. The van der Waals surface area contributed by atoms with E-state index in [4.69, 9.17) is 0 Å². The van der Waals surface area contributed by atoms with Crippen LogP contribution in [0.3, 0.4) is 0 Å². The second-order valence-corrected chi connectivity index (χ2v) is 5.95. The summed E-state index contributed by atoms with van der Waals surface area (Å²) in [4.78, 5) is 3.60. The Morgan fingerprint density at radius 1 is 0.900 bits per heavy atom. The van der Waals surface area contributed by atoms with E-state index in [1.54, 1.807) is 11.8 Å². The van der Waals surface area contributed by atoms with Gasteiger partial charge in [-0.25, -0.2) is 0 Å². The van der Waals surface area contributed by atoms with Crippen molar-refractivity contribution in [3.05, 3.63) is 24.3 Å². The van der Waals surface area contributed by atoms with Crippen LogP contribution < -0.4 is 4.90 Å². The van der Waals surface area contributed by atoms with E-state index >= 15 is 0 Å². The van der Waals surface area contributed by atoms with Crippen molar-refractivity contribution in [1.29, 1.82) is 0 Å². The quantitative estimate of drug-likeness (QED) is 0.413. The maximum atomic E-state index is 2.26. The Hall–Kier alpha value is -0.630. The van der Waals surface area contributed by atoms with E-state index in [1.807, 2.05) is 0 Å². The number of hydrogen-bond acceptors (Lipinski definition) is 2. The van der Waals surface area contributed by atoms with Gasteiger partial charge in [-0.1, -0.05) is 64.5 Å². The molecular weight excluding hydrogens is 262 g/mol. The maximum Gasteiger partial charge on any atom is 0.0501 e. The highest BCUT2D eigenvalue weighted by molar-refractivity contribution is 7.98. The van der Waals surface area contributed by atoms with Crippen molar-refractivity contribution in [3.63, 3.8) is 0 Å². The summed E-state index contributed by atoms with van der Waals surface area (Å²) in [6.45, 7) is 7.73. The van der Waals surface area contributed by atoms with Gasteiger partial charge in [0.05, 0.1) is 5.69 Å². The van der Waals surface area contributed by atoms with Gasteiger partial charge in [0, 0.05) is 18.5 Å². The molecule has 0 saturated carbocycles. The minimum Gasteiger partial charge on any atom is -0.374 e. The Morgan fingerprint density at radius 3 is 1.90 bits per heavy atom. The Labute approximate surface area is 131 Å². The summed E-state index contributed by atoms with van der Waals surface area (Å²) in [5.74, 6) is 0. The predicted molar refractivity (Wildman–Crippen MR) is 96.2 cm³/mol. The van der Waals surface area contributed by atoms with Crippen molar-refractivity contribution in [3.8, 4) is 0 Å². The van der Waals surface area contributed by atoms with Crippen LogP contribution in [0.4, 0.5) is 5.69 Å². The van der Waals surface area contributed by atoms with Crippen LogP contribution in [0.2, 0.25) is 0 Å². The molecule has 116 valence electrons. The highest BCUT2D eigenvalue weighted by Crippen LogP contribution is 2.26. The van der Waals surface area contributed by atoms with Crippen LogP contribution >= 0.6 is 11.8 Å². The van der Waals surface area contributed by atoms with Crippen LogP contribution in [0, 0.1) is 0 Å². The molecule has 0 bridgehead atoms. The molecule has 0 aliphatic rings. The van der Waals surface area contributed by atoms with Gasteiger partial charge < -0.3 is 4.90 Å². The topological polar surface area (TPSA) is 3.24 Å². The molecule has 0 saturated heterocycles. The van der Waals surface area contributed by atoms with Crippen LogP contribution in [-0.2, 0) is 0 Å². The van der Waals surface area contributed by atoms with Gasteiger partial charge >= 0.3 is 0 Å². The number of benzene rings is 1. The van der Waals surface area contributed by atoms with Gasteiger partial charge in [0.25, 0.3) is 0 Å². The highest BCUT2D eigenvalue weighted by Gasteiger charge is 2.02. The molecule has 20 heavy (non-hydrogen) atoms. The molecule has 1 nitrogen and oxygen atoms in total. The van der Waals surface area contributed by atoms with Gasteiger partial charge in [-0.3, -0.25) is 0 Å². The van der Waals surface area contributed by atoms with Crippen molar-refractivity contribution < 1.29 is 0 Å². The molecule has 2 heteroatoms. The first-order valence-electron chi connectivity index (χ1n) is 8.05. The number of nitrogens with zero attached hydrogens (tertiary/aromatic N) is 1. The van der Waals surface area contributed by atoms with Crippen molar-refractivity contribution in [2.24, 2.45) is 0 Å². The largest absolute Gasteiger partial charge is 0.374 e. The SMILES string of the molecule is CCCCCCCC.CCN(C)c1ccccc1SC. The molecular formula is C18H33NS. The number of hydrogen-bond donors (Lipinski definition) is 0.